The highest BCUT2D eigenvalue weighted by molar-refractivity contribution is 9.10. The van der Waals surface area contributed by atoms with Crippen molar-refractivity contribution in [3.05, 3.63) is 105 Å². The molecule has 0 atom stereocenters. The largest absolute Gasteiger partial charge is 0.279 e. The predicted octanol–water partition coefficient (Wildman–Crippen LogP) is 6.14. The Morgan fingerprint density at radius 2 is 1.48 bits per heavy atom. The monoisotopic (exact) mass is 383 g/mol. The number of hydrogen-bond donors (Lipinski definition) is 0. The van der Waals surface area contributed by atoms with Gasteiger partial charge in [-0.25, -0.2) is 0 Å². The fraction of sp³-hybridized carbons (Fsp3) is 0.0500. The summed E-state index contributed by atoms with van der Waals surface area (Å²) in [4.78, 5) is 4.85. The number of hydrogen-bond acceptors (Lipinski definition) is 1. The van der Waals surface area contributed by atoms with E-state index in [2.05, 4.69) is 40.2 Å². The molecule has 0 N–H and O–H groups in total. The van der Waals surface area contributed by atoms with E-state index in [4.69, 9.17) is 16.6 Å². The van der Waals surface area contributed by atoms with Crippen molar-refractivity contribution in [2.75, 3.05) is 0 Å². The topological polar surface area (TPSA) is 12.4 Å². The molecule has 3 rings (SSSR count). The maximum atomic E-state index is 6.21. The summed E-state index contributed by atoms with van der Waals surface area (Å²) in [5, 5.41) is 0.692. The first-order valence-corrected chi connectivity index (χ1v) is 8.50. The minimum Gasteiger partial charge on any atom is -0.279 e. The van der Waals surface area contributed by atoms with Crippen LogP contribution in [0.4, 0.5) is 0 Å². The van der Waals surface area contributed by atoms with Crippen LogP contribution in [0.25, 0.3) is 0 Å². The molecule has 0 amide bonds. The first kappa shape index (κ1) is 16.0. The molecule has 0 saturated carbocycles. The molecule has 3 heteroatoms. The zero-order chi connectivity index (χ0) is 16.1. The van der Waals surface area contributed by atoms with Gasteiger partial charge >= 0.3 is 0 Å². The van der Waals surface area contributed by atoms with E-state index in [1.165, 1.54) is 5.56 Å². The van der Waals surface area contributed by atoms with Crippen LogP contribution in [0.2, 0.25) is 5.02 Å². The Morgan fingerprint density at radius 1 is 0.826 bits per heavy atom. The van der Waals surface area contributed by atoms with Crippen molar-refractivity contribution in [1.29, 1.82) is 0 Å². The van der Waals surface area contributed by atoms with Gasteiger partial charge in [0.2, 0.25) is 0 Å². The van der Waals surface area contributed by atoms with Gasteiger partial charge in [-0.3, -0.25) is 4.99 Å². The normalized spacial score (nSPS) is 11.5. The first-order valence-electron chi connectivity index (χ1n) is 7.32. The third-order valence-corrected chi connectivity index (χ3v) is 4.12. The lowest BCUT2D eigenvalue weighted by molar-refractivity contribution is 1.07. The molecule has 0 aromatic heterocycles. The van der Waals surface area contributed by atoms with Gasteiger partial charge in [-0.2, -0.15) is 0 Å². The highest BCUT2D eigenvalue weighted by atomic mass is 79.9. The lowest BCUT2D eigenvalue weighted by atomic mass is 10.0. The fourth-order valence-corrected chi connectivity index (χ4v) is 3.25. The quantitative estimate of drug-likeness (QED) is 0.479. The van der Waals surface area contributed by atoms with Crippen LogP contribution in [-0.4, -0.2) is 5.71 Å². The van der Waals surface area contributed by atoms with Crippen LogP contribution < -0.4 is 0 Å². The van der Waals surface area contributed by atoms with Crippen LogP contribution >= 0.6 is 27.5 Å². The molecule has 0 radical (unpaired) electrons. The van der Waals surface area contributed by atoms with E-state index < -0.39 is 0 Å². The van der Waals surface area contributed by atoms with Crippen molar-refractivity contribution < 1.29 is 0 Å². The van der Waals surface area contributed by atoms with E-state index in [-0.39, 0.29) is 0 Å². The molecule has 0 aliphatic rings. The Labute approximate surface area is 149 Å². The third kappa shape index (κ3) is 4.31. The fourth-order valence-electron chi connectivity index (χ4n) is 2.39. The van der Waals surface area contributed by atoms with Crippen molar-refractivity contribution in [3.63, 3.8) is 0 Å². The molecule has 0 spiro atoms. The van der Waals surface area contributed by atoms with E-state index in [1.54, 1.807) is 0 Å². The summed E-state index contributed by atoms with van der Waals surface area (Å²) in [6, 6.07) is 26.3. The number of halogens is 2. The molecular formula is C20H15BrClN. The average molecular weight is 385 g/mol. The summed E-state index contributed by atoms with van der Waals surface area (Å²) >= 11 is 9.72. The number of benzene rings is 3. The predicted molar refractivity (Wildman–Crippen MR) is 101 cm³/mol. The summed E-state index contributed by atoms with van der Waals surface area (Å²) in [5.41, 5.74) is 4.21. The minimum absolute atomic E-state index is 0.634. The molecule has 0 aliphatic heterocycles. The van der Waals surface area contributed by atoms with Gasteiger partial charge in [0.1, 0.15) is 0 Å². The zero-order valence-corrected chi connectivity index (χ0v) is 14.8. The summed E-state index contributed by atoms with van der Waals surface area (Å²) in [5.74, 6) is 0. The molecule has 1 nitrogen and oxygen atoms in total. The van der Waals surface area contributed by atoms with Crippen molar-refractivity contribution in [1.82, 2.24) is 0 Å². The molecule has 114 valence electrons. The van der Waals surface area contributed by atoms with Crippen LogP contribution in [-0.2, 0) is 6.54 Å². The maximum absolute atomic E-state index is 6.21. The number of nitrogens with zero attached hydrogens (tertiary/aromatic N) is 1. The van der Waals surface area contributed by atoms with E-state index in [0.717, 1.165) is 21.3 Å². The van der Waals surface area contributed by atoms with Gasteiger partial charge in [0.05, 0.1) is 12.3 Å². The Morgan fingerprint density at radius 3 is 2.13 bits per heavy atom. The van der Waals surface area contributed by atoms with Crippen molar-refractivity contribution in [2.24, 2.45) is 4.99 Å². The average Bonchev–Trinajstić information content (AvgIpc) is 2.56. The molecule has 0 aliphatic carbocycles. The summed E-state index contributed by atoms with van der Waals surface area (Å²) < 4.78 is 0.948. The van der Waals surface area contributed by atoms with Crippen LogP contribution in [0.15, 0.2) is 88.3 Å². The van der Waals surface area contributed by atoms with Gasteiger partial charge in [-0.1, -0.05) is 88.2 Å². The second-order valence-corrected chi connectivity index (χ2v) is 6.53. The van der Waals surface area contributed by atoms with Crippen molar-refractivity contribution in [3.8, 4) is 0 Å². The molecule has 0 saturated heterocycles. The summed E-state index contributed by atoms with van der Waals surface area (Å²) in [6.45, 7) is 0.634. The van der Waals surface area contributed by atoms with Gasteiger partial charge in [-0.05, 0) is 23.8 Å². The maximum Gasteiger partial charge on any atom is 0.0723 e. The SMILES string of the molecule is Clc1cc(Br)cc(C(=NCc2ccccc2)c2ccccc2)c1. The molecular weight excluding hydrogens is 370 g/mol. The summed E-state index contributed by atoms with van der Waals surface area (Å²) in [6.07, 6.45) is 0. The van der Waals surface area contributed by atoms with Crippen LogP contribution in [0.1, 0.15) is 16.7 Å². The van der Waals surface area contributed by atoms with Gasteiger partial charge in [-0.15, -0.1) is 0 Å². The minimum atomic E-state index is 0.634. The van der Waals surface area contributed by atoms with Gasteiger partial charge < -0.3 is 0 Å². The lowest BCUT2D eigenvalue weighted by Gasteiger charge is -2.09. The molecule has 0 unspecified atom stereocenters. The van der Waals surface area contributed by atoms with E-state index in [1.807, 2.05) is 54.6 Å². The first-order chi connectivity index (χ1) is 11.2. The Kier molecular flexibility index (Phi) is 5.27. The molecule has 3 aromatic rings. The van der Waals surface area contributed by atoms with Gasteiger partial charge in [0.15, 0.2) is 0 Å². The number of rotatable bonds is 4. The molecule has 0 fully saturated rings. The van der Waals surface area contributed by atoms with Gasteiger partial charge in [0, 0.05) is 20.6 Å². The zero-order valence-electron chi connectivity index (χ0n) is 12.4. The summed E-state index contributed by atoms with van der Waals surface area (Å²) in [7, 11) is 0. The lowest BCUT2D eigenvalue weighted by Crippen LogP contribution is -2.04. The van der Waals surface area contributed by atoms with E-state index >= 15 is 0 Å². The molecule has 3 aromatic carbocycles. The van der Waals surface area contributed by atoms with Crippen LogP contribution in [0.5, 0.6) is 0 Å². The van der Waals surface area contributed by atoms with Crippen LogP contribution in [0, 0.1) is 0 Å². The highest BCUT2D eigenvalue weighted by Gasteiger charge is 2.08. The molecule has 23 heavy (non-hydrogen) atoms. The van der Waals surface area contributed by atoms with Crippen LogP contribution in [0.3, 0.4) is 0 Å². The molecule has 0 bridgehead atoms. The van der Waals surface area contributed by atoms with E-state index in [9.17, 15) is 0 Å². The molecule has 0 heterocycles. The second kappa shape index (κ2) is 7.58. The Bertz CT molecular complexity index is 793. The van der Waals surface area contributed by atoms with Crippen molar-refractivity contribution >= 4 is 33.2 Å². The number of aliphatic imine (C=N–C) groups is 1. The second-order valence-electron chi connectivity index (χ2n) is 5.17. The Balaban J connectivity index is 2.03. The van der Waals surface area contributed by atoms with E-state index in [0.29, 0.717) is 11.6 Å². The van der Waals surface area contributed by atoms with Crippen molar-refractivity contribution in [2.45, 2.75) is 6.54 Å². The standard InChI is InChI=1S/C20H15BrClN/c21-18-11-17(12-19(22)13-18)20(16-9-5-2-6-10-16)23-14-15-7-3-1-4-8-15/h1-13H,14H2. The smallest absolute Gasteiger partial charge is 0.0723 e. The Hall–Kier alpha value is -1.90. The third-order valence-electron chi connectivity index (χ3n) is 3.45. The highest BCUT2D eigenvalue weighted by Crippen LogP contribution is 2.22. The van der Waals surface area contributed by atoms with Gasteiger partial charge in [0.25, 0.3) is 0 Å².